The Hall–Kier alpha value is -1.05. The fraction of sp³-hybridized carbons (Fsp3) is 0.308. The van der Waals surface area contributed by atoms with Gasteiger partial charge in [0.2, 0.25) is 0 Å². The van der Waals surface area contributed by atoms with Crippen molar-refractivity contribution in [3.63, 3.8) is 0 Å². The maximum absolute atomic E-state index is 2.16. The molecule has 0 aliphatic rings. The molecule has 3 aromatic carbocycles. The summed E-state index contributed by atoms with van der Waals surface area (Å²) < 4.78 is 0. The Morgan fingerprint density at radius 1 is 0.414 bits per heavy atom. The number of rotatable bonds is 2. The highest BCUT2D eigenvalue weighted by Crippen LogP contribution is 2.07. The van der Waals surface area contributed by atoms with Crippen LogP contribution in [-0.2, 0) is 6.42 Å². The normalized spacial score (nSPS) is 7.14. The molecule has 0 aliphatic carbocycles. The van der Waals surface area contributed by atoms with E-state index in [1.165, 1.54) is 16.7 Å². The van der Waals surface area contributed by atoms with Crippen LogP contribution >= 0.6 is 29.7 Å². The molecule has 0 saturated carbocycles. The van der Waals surface area contributed by atoms with Crippen molar-refractivity contribution in [1.29, 1.82) is 0 Å². The third-order valence-electron chi connectivity index (χ3n) is 3.03. The van der Waals surface area contributed by atoms with Gasteiger partial charge in [-0.2, -0.15) is 29.7 Å². The monoisotopic (exact) mass is 452 g/mol. The van der Waals surface area contributed by atoms with Gasteiger partial charge in [0.05, 0.1) is 0 Å². The van der Waals surface area contributed by atoms with Gasteiger partial charge in [-0.3, -0.25) is 0 Å². The highest BCUT2D eigenvalue weighted by molar-refractivity contribution is 6.92. The number of hydrogen-bond donors (Lipinski definition) is 0. The van der Waals surface area contributed by atoms with Crippen molar-refractivity contribution in [3.05, 3.63) is 108 Å². The molecule has 0 heterocycles. The van der Waals surface area contributed by atoms with Crippen LogP contribution in [0.15, 0.2) is 91.0 Å². The van der Waals surface area contributed by atoms with Crippen LogP contribution in [0.2, 0.25) is 0 Å². The molecule has 0 spiro atoms. The van der Waals surface area contributed by atoms with Crippen LogP contribution in [0.1, 0.15) is 58.2 Å². The standard InChI is InChI=1S/C13H12.C7H8.3C2H6.3H3P/c1-3-7-12(8-4-1)11-13-9-5-2-6-10-13;1-7-5-3-2-4-6-7;3*1-2;;;/h1-10H,11H2;2-6H,1H3;3*1-2H3;3*1H3. The van der Waals surface area contributed by atoms with Gasteiger partial charge in [0, 0.05) is 0 Å². The Balaban J connectivity index is -0.000000104. The van der Waals surface area contributed by atoms with Gasteiger partial charge in [-0.1, -0.05) is 138 Å². The molecule has 0 fully saturated rings. The SMILES string of the molecule is CC.CC.CC.Cc1ccccc1.P.P.P.c1ccc(Cc2ccccc2)cc1. The summed E-state index contributed by atoms with van der Waals surface area (Å²) in [5.41, 5.74) is 4.06. The molecule has 0 amide bonds. The zero-order valence-electron chi connectivity index (χ0n) is 20.0. The minimum atomic E-state index is 0. The van der Waals surface area contributed by atoms with Crippen molar-refractivity contribution in [2.75, 3.05) is 0 Å². The lowest BCUT2D eigenvalue weighted by atomic mass is 10.1. The predicted octanol–water partition coefficient (Wildman–Crippen LogP) is 8.53. The van der Waals surface area contributed by atoms with Crippen LogP contribution in [-0.4, -0.2) is 0 Å². The van der Waals surface area contributed by atoms with Gasteiger partial charge in [-0.05, 0) is 24.5 Å². The zero-order chi connectivity index (χ0) is 20.0. The summed E-state index contributed by atoms with van der Waals surface area (Å²) in [5, 5.41) is 0. The molecule has 0 saturated heterocycles. The van der Waals surface area contributed by atoms with Crippen molar-refractivity contribution in [2.45, 2.75) is 54.9 Å². The van der Waals surface area contributed by atoms with Gasteiger partial charge in [-0.15, -0.1) is 0 Å². The number of hydrogen-bond acceptors (Lipinski definition) is 0. The van der Waals surface area contributed by atoms with E-state index in [9.17, 15) is 0 Å². The summed E-state index contributed by atoms with van der Waals surface area (Å²) in [5.74, 6) is 0. The molecule has 3 atom stereocenters. The van der Waals surface area contributed by atoms with Gasteiger partial charge in [0.25, 0.3) is 0 Å². The van der Waals surface area contributed by atoms with Crippen molar-refractivity contribution < 1.29 is 0 Å². The second-order valence-electron chi connectivity index (χ2n) is 4.80. The maximum atomic E-state index is 2.16. The molecule has 0 bridgehead atoms. The Morgan fingerprint density at radius 3 is 0.862 bits per heavy atom. The first-order valence-electron chi connectivity index (χ1n) is 9.94. The molecule has 3 rings (SSSR count). The van der Waals surface area contributed by atoms with Gasteiger partial charge in [0.1, 0.15) is 0 Å². The molecular weight excluding hydrogens is 405 g/mol. The molecule has 166 valence electrons. The molecule has 0 nitrogen and oxygen atoms in total. The maximum Gasteiger partial charge on any atom is -0.00258 e. The largest absolute Gasteiger partial charge is 0.153 e. The average molecular weight is 453 g/mol. The first kappa shape index (κ1) is 38.5. The number of benzene rings is 3. The summed E-state index contributed by atoms with van der Waals surface area (Å²) in [7, 11) is 0. The predicted molar refractivity (Wildman–Crippen MR) is 154 cm³/mol. The van der Waals surface area contributed by atoms with Gasteiger partial charge < -0.3 is 0 Å². The summed E-state index contributed by atoms with van der Waals surface area (Å²) in [6.45, 7) is 14.1. The van der Waals surface area contributed by atoms with E-state index in [0.29, 0.717) is 0 Å². The third-order valence-corrected chi connectivity index (χ3v) is 3.03. The molecule has 0 aliphatic heterocycles. The molecule has 0 N–H and O–H groups in total. The number of aryl methyl sites for hydroxylation is 1. The topological polar surface area (TPSA) is 0 Å². The van der Waals surface area contributed by atoms with E-state index in [-0.39, 0.29) is 29.7 Å². The van der Waals surface area contributed by atoms with Crippen LogP contribution < -0.4 is 0 Å². The fourth-order valence-electron chi connectivity index (χ4n) is 1.96. The molecule has 0 radical (unpaired) electrons. The van der Waals surface area contributed by atoms with Crippen LogP contribution in [0.5, 0.6) is 0 Å². The highest BCUT2D eigenvalue weighted by Gasteiger charge is 1.92. The average Bonchev–Trinajstić information content (AvgIpc) is 2.75. The van der Waals surface area contributed by atoms with E-state index in [4.69, 9.17) is 0 Å². The molecule has 0 aromatic heterocycles. The Kier molecular flexibility index (Phi) is 42.0. The minimum Gasteiger partial charge on any atom is -0.153 e. The molecule has 29 heavy (non-hydrogen) atoms. The lowest BCUT2D eigenvalue weighted by Crippen LogP contribution is -1.85. The highest BCUT2D eigenvalue weighted by atomic mass is 31.0. The van der Waals surface area contributed by atoms with Crippen LogP contribution in [0.25, 0.3) is 0 Å². The van der Waals surface area contributed by atoms with E-state index in [2.05, 4.69) is 79.7 Å². The summed E-state index contributed by atoms with van der Waals surface area (Å²) in [6, 6.07) is 31.3. The smallest absolute Gasteiger partial charge is 0.00258 e. The summed E-state index contributed by atoms with van der Waals surface area (Å²) in [4.78, 5) is 0. The second-order valence-corrected chi connectivity index (χ2v) is 4.80. The first-order chi connectivity index (χ1) is 12.8. The van der Waals surface area contributed by atoms with Crippen molar-refractivity contribution in [1.82, 2.24) is 0 Å². The minimum absolute atomic E-state index is 0. The van der Waals surface area contributed by atoms with Crippen molar-refractivity contribution in [2.24, 2.45) is 0 Å². The zero-order valence-corrected chi connectivity index (χ0v) is 24.2. The second kappa shape index (κ2) is 31.6. The Morgan fingerprint density at radius 2 is 0.655 bits per heavy atom. The van der Waals surface area contributed by atoms with Crippen LogP contribution in [0.3, 0.4) is 0 Å². The van der Waals surface area contributed by atoms with Gasteiger partial charge in [0.15, 0.2) is 0 Å². The van der Waals surface area contributed by atoms with E-state index >= 15 is 0 Å². The third kappa shape index (κ3) is 23.1. The first-order valence-corrected chi connectivity index (χ1v) is 9.94. The lowest BCUT2D eigenvalue weighted by Gasteiger charge is -2.00. The lowest BCUT2D eigenvalue weighted by molar-refractivity contribution is 1.19. The fourth-order valence-corrected chi connectivity index (χ4v) is 1.96. The molecular formula is C26H47P3. The van der Waals surface area contributed by atoms with E-state index in [1.807, 2.05) is 59.7 Å². The van der Waals surface area contributed by atoms with Gasteiger partial charge in [-0.25, -0.2) is 0 Å². The molecule has 3 aromatic rings. The Labute approximate surface area is 192 Å². The van der Waals surface area contributed by atoms with Crippen LogP contribution in [0, 0.1) is 6.92 Å². The van der Waals surface area contributed by atoms with E-state index in [1.54, 1.807) is 0 Å². The van der Waals surface area contributed by atoms with E-state index < -0.39 is 0 Å². The van der Waals surface area contributed by atoms with Crippen molar-refractivity contribution in [3.8, 4) is 0 Å². The van der Waals surface area contributed by atoms with Gasteiger partial charge >= 0.3 is 0 Å². The quantitative estimate of drug-likeness (QED) is 0.342. The molecule has 3 heteroatoms. The Bertz CT molecular complexity index is 559. The summed E-state index contributed by atoms with van der Waals surface area (Å²) >= 11 is 0. The molecule has 3 unspecified atom stereocenters. The van der Waals surface area contributed by atoms with E-state index in [0.717, 1.165) is 6.42 Å². The van der Waals surface area contributed by atoms with Crippen molar-refractivity contribution >= 4 is 29.7 Å². The van der Waals surface area contributed by atoms with Crippen LogP contribution in [0.4, 0.5) is 0 Å². The summed E-state index contributed by atoms with van der Waals surface area (Å²) in [6.07, 6.45) is 1.03.